The number of hydrogen-bond donors (Lipinski definition) is 0. The summed E-state index contributed by atoms with van der Waals surface area (Å²) in [6, 6.07) is 8.43. The van der Waals surface area contributed by atoms with E-state index in [9.17, 15) is 18.5 Å². The first-order valence-electron chi connectivity index (χ1n) is 7.99. The van der Waals surface area contributed by atoms with E-state index in [1.807, 2.05) is 4.90 Å². The SMILES string of the molecule is O=[N+]([O-])c1ccc(S(=O)(=O)N2CCCN(c3ncccc3Cl)CC2)cc1. The van der Waals surface area contributed by atoms with Gasteiger partial charge in [0.2, 0.25) is 10.0 Å². The largest absolute Gasteiger partial charge is 0.354 e. The van der Waals surface area contributed by atoms with E-state index in [1.54, 1.807) is 18.3 Å². The van der Waals surface area contributed by atoms with Crippen molar-refractivity contribution in [1.82, 2.24) is 9.29 Å². The Morgan fingerprint density at radius 1 is 1.08 bits per heavy atom. The summed E-state index contributed by atoms with van der Waals surface area (Å²) in [6.07, 6.45) is 2.27. The summed E-state index contributed by atoms with van der Waals surface area (Å²) < 4.78 is 27.0. The molecule has 0 aliphatic carbocycles. The number of nitro benzene ring substituents is 1. The zero-order valence-electron chi connectivity index (χ0n) is 13.8. The number of anilines is 1. The fourth-order valence-corrected chi connectivity index (χ4v) is 4.56. The van der Waals surface area contributed by atoms with E-state index >= 15 is 0 Å². The van der Waals surface area contributed by atoms with E-state index < -0.39 is 14.9 Å². The second-order valence-electron chi connectivity index (χ2n) is 5.80. The van der Waals surface area contributed by atoms with Gasteiger partial charge in [-0.15, -0.1) is 0 Å². The molecule has 0 amide bonds. The van der Waals surface area contributed by atoms with Crippen molar-refractivity contribution in [1.29, 1.82) is 0 Å². The standard InChI is InChI=1S/C16H17ClN4O4S/c17-15-3-1-8-18-16(15)19-9-2-10-20(12-11-19)26(24,25)14-6-4-13(5-7-14)21(22)23/h1,3-8H,2,9-12H2. The van der Waals surface area contributed by atoms with Crippen molar-refractivity contribution in [2.24, 2.45) is 0 Å². The maximum Gasteiger partial charge on any atom is 0.269 e. The predicted octanol–water partition coefficient (Wildman–Crippen LogP) is 2.54. The fraction of sp³-hybridized carbons (Fsp3) is 0.312. The summed E-state index contributed by atoms with van der Waals surface area (Å²) in [4.78, 5) is 16.5. The van der Waals surface area contributed by atoms with Crippen molar-refractivity contribution in [2.75, 3.05) is 31.1 Å². The Balaban J connectivity index is 1.77. The third kappa shape index (κ3) is 3.79. The summed E-state index contributed by atoms with van der Waals surface area (Å²) in [7, 11) is -3.71. The fourth-order valence-electron chi connectivity index (χ4n) is 2.84. The highest BCUT2D eigenvalue weighted by molar-refractivity contribution is 7.89. The lowest BCUT2D eigenvalue weighted by Gasteiger charge is -2.23. The van der Waals surface area contributed by atoms with Crippen molar-refractivity contribution in [3.05, 3.63) is 57.7 Å². The summed E-state index contributed by atoms with van der Waals surface area (Å²) in [6.45, 7) is 1.75. The normalized spacial score (nSPS) is 16.3. The highest BCUT2D eigenvalue weighted by Crippen LogP contribution is 2.25. The number of aromatic nitrogens is 1. The molecule has 0 atom stereocenters. The van der Waals surface area contributed by atoms with Crippen molar-refractivity contribution in [2.45, 2.75) is 11.3 Å². The van der Waals surface area contributed by atoms with Crippen LogP contribution in [-0.2, 0) is 10.0 Å². The average molecular weight is 397 g/mol. The van der Waals surface area contributed by atoms with Gasteiger partial charge in [-0.2, -0.15) is 4.31 Å². The molecular formula is C16H17ClN4O4S. The third-order valence-electron chi connectivity index (χ3n) is 4.18. The van der Waals surface area contributed by atoms with Crippen molar-refractivity contribution < 1.29 is 13.3 Å². The molecule has 0 bridgehead atoms. The Morgan fingerprint density at radius 2 is 1.81 bits per heavy atom. The molecule has 1 aromatic carbocycles. The number of benzene rings is 1. The van der Waals surface area contributed by atoms with Crippen molar-refractivity contribution in [3.8, 4) is 0 Å². The van der Waals surface area contributed by atoms with Gasteiger partial charge in [0.05, 0.1) is 14.8 Å². The molecule has 3 rings (SSSR count). The van der Waals surface area contributed by atoms with Gasteiger partial charge in [-0.25, -0.2) is 13.4 Å². The minimum atomic E-state index is -3.71. The zero-order valence-corrected chi connectivity index (χ0v) is 15.4. The van der Waals surface area contributed by atoms with Crippen LogP contribution in [0.5, 0.6) is 0 Å². The Morgan fingerprint density at radius 3 is 2.46 bits per heavy atom. The highest BCUT2D eigenvalue weighted by atomic mass is 35.5. The van der Waals surface area contributed by atoms with Crippen molar-refractivity contribution in [3.63, 3.8) is 0 Å². The van der Waals surface area contributed by atoms with Gasteiger partial charge in [0.25, 0.3) is 5.69 Å². The maximum atomic E-state index is 12.8. The van der Waals surface area contributed by atoms with Gasteiger partial charge in [-0.1, -0.05) is 11.6 Å². The second-order valence-corrected chi connectivity index (χ2v) is 8.15. The molecule has 26 heavy (non-hydrogen) atoms. The van der Waals surface area contributed by atoms with Gasteiger partial charge in [-0.05, 0) is 30.7 Å². The number of hydrogen-bond acceptors (Lipinski definition) is 6. The Kier molecular flexibility index (Phi) is 5.40. The van der Waals surface area contributed by atoms with Crippen LogP contribution in [0.2, 0.25) is 5.02 Å². The number of halogens is 1. The first kappa shape index (κ1) is 18.6. The molecule has 2 aromatic rings. The molecule has 0 spiro atoms. The maximum absolute atomic E-state index is 12.8. The Bertz CT molecular complexity index is 905. The van der Waals surface area contributed by atoms with Crippen LogP contribution >= 0.6 is 11.6 Å². The smallest absolute Gasteiger partial charge is 0.269 e. The lowest BCUT2D eigenvalue weighted by atomic mass is 10.3. The predicted molar refractivity (Wildman–Crippen MR) is 97.9 cm³/mol. The average Bonchev–Trinajstić information content (AvgIpc) is 2.89. The van der Waals surface area contributed by atoms with Crippen LogP contribution < -0.4 is 4.90 Å². The summed E-state index contributed by atoms with van der Waals surface area (Å²) in [5, 5.41) is 11.3. The molecule has 138 valence electrons. The first-order chi connectivity index (χ1) is 12.4. The van der Waals surface area contributed by atoms with Gasteiger partial charge in [0.15, 0.2) is 0 Å². The minimum absolute atomic E-state index is 0.0485. The number of nitrogens with zero attached hydrogens (tertiary/aromatic N) is 4. The molecule has 8 nitrogen and oxygen atoms in total. The summed E-state index contributed by atoms with van der Waals surface area (Å²) in [5.74, 6) is 0.642. The van der Waals surface area contributed by atoms with E-state index in [1.165, 1.54) is 28.6 Å². The van der Waals surface area contributed by atoms with Crippen LogP contribution in [0.1, 0.15) is 6.42 Å². The number of sulfonamides is 1. The first-order valence-corrected chi connectivity index (χ1v) is 9.81. The molecule has 0 N–H and O–H groups in total. The molecule has 0 saturated carbocycles. The molecule has 0 unspecified atom stereocenters. The van der Waals surface area contributed by atoms with Gasteiger partial charge >= 0.3 is 0 Å². The van der Waals surface area contributed by atoms with E-state index in [0.717, 1.165) is 0 Å². The molecule has 1 aliphatic heterocycles. The number of rotatable bonds is 4. The van der Waals surface area contributed by atoms with Crippen LogP contribution in [0.15, 0.2) is 47.5 Å². The molecule has 0 radical (unpaired) electrons. The summed E-state index contributed by atoms with van der Waals surface area (Å²) >= 11 is 6.18. The molecule has 1 aliphatic rings. The molecule has 1 saturated heterocycles. The Labute approximate surface area is 156 Å². The minimum Gasteiger partial charge on any atom is -0.354 e. The van der Waals surface area contributed by atoms with E-state index in [-0.39, 0.29) is 17.1 Å². The Hall–Kier alpha value is -2.23. The number of pyridine rings is 1. The van der Waals surface area contributed by atoms with E-state index in [0.29, 0.717) is 36.9 Å². The number of nitro groups is 1. The van der Waals surface area contributed by atoms with Crippen LogP contribution in [0.3, 0.4) is 0 Å². The van der Waals surface area contributed by atoms with Crippen LogP contribution in [0, 0.1) is 10.1 Å². The van der Waals surface area contributed by atoms with E-state index in [2.05, 4.69) is 4.98 Å². The quantitative estimate of drug-likeness (QED) is 0.582. The van der Waals surface area contributed by atoms with Gasteiger partial charge in [0, 0.05) is 44.5 Å². The molecule has 2 heterocycles. The molecule has 1 fully saturated rings. The van der Waals surface area contributed by atoms with Crippen LogP contribution in [-0.4, -0.2) is 48.8 Å². The van der Waals surface area contributed by atoms with E-state index in [4.69, 9.17) is 11.6 Å². The zero-order chi connectivity index (χ0) is 18.7. The van der Waals surface area contributed by atoms with Crippen molar-refractivity contribution >= 4 is 33.1 Å². The lowest BCUT2D eigenvalue weighted by molar-refractivity contribution is -0.384. The van der Waals surface area contributed by atoms with Gasteiger partial charge in [-0.3, -0.25) is 10.1 Å². The summed E-state index contributed by atoms with van der Waals surface area (Å²) in [5.41, 5.74) is -0.143. The molecular weight excluding hydrogens is 380 g/mol. The van der Waals surface area contributed by atoms with Crippen LogP contribution in [0.4, 0.5) is 11.5 Å². The van der Waals surface area contributed by atoms with Gasteiger partial charge < -0.3 is 4.90 Å². The lowest BCUT2D eigenvalue weighted by Crippen LogP contribution is -2.35. The highest BCUT2D eigenvalue weighted by Gasteiger charge is 2.28. The molecule has 10 heteroatoms. The van der Waals surface area contributed by atoms with Crippen LogP contribution in [0.25, 0.3) is 0 Å². The topological polar surface area (TPSA) is 96.6 Å². The monoisotopic (exact) mass is 396 g/mol. The van der Waals surface area contributed by atoms with Gasteiger partial charge in [0.1, 0.15) is 5.82 Å². The molecule has 1 aromatic heterocycles. The second kappa shape index (κ2) is 7.56. The number of non-ortho nitro benzene ring substituents is 1. The third-order valence-corrected chi connectivity index (χ3v) is 6.39.